The molecule has 3 rings (SSSR count). The second-order valence-electron chi connectivity index (χ2n) is 5.42. The Hall–Kier alpha value is -3.15. The Morgan fingerprint density at radius 3 is 2.62 bits per heavy atom. The zero-order chi connectivity index (χ0) is 17.1. The number of fused-ring (bicyclic) bond motifs is 1. The van der Waals surface area contributed by atoms with E-state index in [1.165, 1.54) is 7.11 Å². The monoisotopic (exact) mass is 324 g/mol. The summed E-state index contributed by atoms with van der Waals surface area (Å²) in [4.78, 5) is 36.3. The molecule has 1 aliphatic rings. The second kappa shape index (κ2) is 6.54. The number of ether oxygens (including phenoxy) is 1. The number of para-hydroxylation sites is 2. The van der Waals surface area contributed by atoms with E-state index in [1.54, 1.807) is 36.4 Å². The minimum Gasteiger partial charge on any atom is -0.465 e. The number of carbonyl (C=O) groups excluding carboxylic acids is 3. The fourth-order valence-electron chi connectivity index (χ4n) is 2.75. The van der Waals surface area contributed by atoms with Gasteiger partial charge in [0.2, 0.25) is 11.8 Å². The van der Waals surface area contributed by atoms with Gasteiger partial charge in [-0.3, -0.25) is 9.59 Å². The van der Waals surface area contributed by atoms with Crippen LogP contribution in [-0.4, -0.2) is 24.9 Å². The summed E-state index contributed by atoms with van der Waals surface area (Å²) in [5.41, 5.74) is 2.01. The summed E-state index contributed by atoms with van der Waals surface area (Å²) in [5.74, 6) is -1.70. The largest absolute Gasteiger partial charge is 0.465 e. The van der Waals surface area contributed by atoms with Crippen molar-refractivity contribution in [3.63, 3.8) is 0 Å². The molecule has 6 heteroatoms. The molecule has 0 unspecified atom stereocenters. The summed E-state index contributed by atoms with van der Waals surface area (Å²) in [7, 11) is 1.28. The first-order chi connectivity index (χ1) is 11.6. The van der Waals surface area contributed by atoms with Crippen LogP contribution in [0.1, 0.15) is 28.3 Å². The van der Waals surface area contributed by atoms with Gasteiger partial charge in [-0.1, -0.05) is 30.3 Å². The maximum absolute atomic E-state index is 12.7. The van der Waals surface area contributed by atoms with Crippen molar-refractivity contribution in [3.8, 4) is 0 Å². The van der Waals surface area contributed by atoms with Crippen molar-refractivity contribution in [2.24, 2.45) is 0 Å². The summed E-state index contributed by atoms with van der Waals surface area (Å²) in [6, 6.07) is 13.8. The third kappa shape index (κ3) is 2.99. The Labute approximate surface area is 138 Å². The Morgan fingerprint density at radius 1 is 1.12 bits per heavy atom. The number of rotatable bonds is 3. The lowest BCUT2D eigenvalue weighted by atomic mass is 9.89. The molecule has 0 aliphatic carbocycles. The lowest BCUT2D eigenvalue weighted by Gasteiger charge is -2.25. The van der Waals surface area contributed by atoms with E-state index in [0.717, 1.165) is 5.56 Å². The van der Waals surface area contributed by atoms with E-state index in [0.29, 0.717) is 11.4 Å². The molecular formula is C18H16N2O4. The fraction of sp³-hybridized carbons (Fsp3) is 0.167. The fourth-order valence-corrected chi connectivity index (χ4v) is 2.75. The molecule has 0 bridgehead atoms. The van der Waals surface area contributed by atoms with Gasteiger partial charge in [-0.25, -0.2) is 4.79 Å². The number of carbonyl (C=O) groups is 3. The molecule has 0 radical (unpaired) electrons. The molecule has 1 heterocycles. The summed E-state index contributed by atoms with van der Waals surface area (Å²) < 4.78 is 4.72. The van der Waals surface area contributed by atoms with Gasteiger partial charge in [0, 0.05) is 12.1 Å². The SMILES string of the molecule is COC(=O)c1ccccc1NC(=O)[C@@H]1CC(=O)Nc2ccccc21. The first-order valence-electron chi connectivity index (χ1n) is 7.47. The number of nitrogens with one attached hydrogen (secondary N) is 2. The Kier molecular flexibility index (Phi) is 4.29. The maximum Gasteiger partial charge on any atom is 0.339 e. The molecule has 1 atom stereocenters. The van der Waals surface area contributed by atoms with Crippen molar-refractivity contribution in [1.29, 1.82) is 0 Å². The Morgan fingerprint density at radius 2 is 1.83 bits per heavy atom. The highest BCUT2D eigenvalue weighted by atomic mass is 16.5. The number of benzene rings is 2. The topological polar surface area (TPSA) is 84.5 Å². The van der Waals surface area contributed by atoms with Gasteiger partial charge in [0.25, 0.3) is 0 Å². The molecular weight excluding hydrogens is 308 g/mol. The zero-order valence-corrected chi connectivity index (χ0v) is 13.0. The lowest BCUT2D eigenvalue weighted by Crippen LogP contribution is -2.31. The van der Waals surface area contributed by atoms with Gasteiger partial charge >= 0.3 is 5.97 Å². The van der Waals surface area contributed by atoms with Gasteiger partial charge in [-0.2, -0.15) is 0 Å². The van der Waals surface area contributed by atoms with Crippen LogP contribution in [0, 0.1) is 0 Å². The molecule has 2 amide bonds. The van der Waals surface area contributed by atoms with Crippen LogP contribution in [0.5, 0.6) is 0 Å². The average molecular weight is 324 g/mol. The normalized spacial score (nSPS) is 15.9. The summed E-state index contributed by atoms with van der Waals surface area (Å²) in [6.07, 6.45) is 0.0588. The Balaban J connectivity index is 1.89. The molecule has 0 fully saturated rings. The first-order valence-corrected chi connectivity index (χ1v) is 7.47. The molecule has 2 aromatic carbocycles. The summed E-state index contributed by atoms with van der Waals surface area (Å²) in [5, 5.41) is 5.49. The number of amides is 2. The molecule has 0 aromatic heterocycles. The maximum atomic E-state index is 12.7. The summed E-state index contributed by atoms with van der Waals surface area (Å²) in [6.45, 7) is 0. The number of hydrogen-bond acceptors (Lipinski definition) is 4. The molecule has 0 saturated heterocycles. The van der Waals surface area contributed by atoms with Crippen LogP contribution in [0.2, 0.25) is 0 Å². The van der Waals surface area contributed by atoms with Gasteiger partial charge in [-0.15, -0.1) is 0 Å². The van der Waals surface area contributed by atoms with Crippen LogP contribution in [0.4, 0.5) is 11.4 Å². The molecule has 24 heavy (non-hydrogen) atoms. The number of hydrogen-bond donors (Lipinski definition) is 2. The second-order valence-corrected chi connectivity index (χ2v) is 5.42. The van der Waals surface area contributed by atoms with Crippen LogP contribution in [0.25, 0.3) is 0 Å². The van der Waals surface area contributed by atoms with Gasteiger partial charge in [-0.05, 0) is 23.8 Å². The average Bonchev–Trinajstić information content (AvgIpc) is 2.60. The molecule has 122 valence electrons. The number of methoxy groups -OCH3 is 1. The van der Waals surface area contributed by atoms with Gasteiger partial charge in [0.05, 0.1) is 24.3 Å². The van der Waals surface area contributed by atoms with Crippen LogP contribution < -0.4 is 10.6 Å². The van der Waals surface area contributed by atoms with E-state index in [9.17, 15) is 14.4 Å². The minimum atomic E-state index is -0.611. The van der Waals surface area contributed by atoms with E-state index in [4.69, 9.17) is 4.74 Å². The predicted octanol–water partition coefficient (Wildman–Crippen LogP) is 2.54. The van der Waals surface area contributed by atoms with Crippen molar-refractivity contribution in [3.05, 3.63) is 59.7 Å². The van der Waals surface area contributed by atoms with Crippen molar-refractivity contribution in [1.82, 2.24) is 0 Å². The van der Waals surface area contributed by atoms with Crippen molar-refractivity contribution < 1.29 is 19.1 Å². The van der Waals surface area contributed by atoms with Crippen molar-refractivity contribution in [2.45, 2.75) is 12.3 Å². The van der Waals surface area contributed by atoms with E-state index in [2.05, 4.69) is 10.6 Å². The van der Waals surface area contributed by atoms with Crippen LogP contribution in [-0.2, 0) is 14.3 Å². The highest BCUT2D eigenvalue weighted by Crippen LogP contribution is 2.33. The van der Waals surface area contributed by atoms with E-state index in [-0.39, 0.29) is 23.8 Å². The number of anilines is 2. The highest BCUT2D eigenvalue weighted by Gasteiger charge is 2.31. The van der Waals surface area contributed by atoms with E-state index >= 15 is 0 Å². The lowest BCUT2D eigenvalue weighted by molar-refractivity contribution is -0.123. The van der Waals surface area contributed by atoms with E-state index < -0.39 is 11.9 Å². The Bertz CT molecular complexity index is 816. The molecule has 0 spiro atoms. The third-order valence-corrected chi connectivity index (χ3v) is 3.91. The zero-order valence-electron chi connectivity index (χ0n) is 13.0. The minimum absolute atomic E-state index is 0.0588. The first kappa shape index (κ1) is 15.7. The molecule has 2 aromatic rings. The van der Waals surface area contributed by atoms with Crippen LogP contribution in [0.15, 0.2) is 48.5 Å². The smallest absolute Gasteiger partial charge is 0.339 e. The standard InChI is InChI=1S/C18H16N2O4/c1-24-18(23)12-7-3-5-9-15(12)20-17(22)13-10-16(21)19-14-8-4-2-6-11(13)14/h2-9,13H,10H2,1H3,(H,19,21)(H,20,22)/t13-/m1/s1. The number of esters is 1. The summed E-state index contributed by atoms with van der Waals surface area (Å²) >= 11 is 0. The highest BCUT2D eigenvalue weighted by molar-refractivity contribution is 6.07. The molecule has 0 saturated carbocycles. The molecule has 1 aliphatic heterocycles. The van der Waals surface area contributed by atoms with Gasteiger partial charge in [0.15, 0.2) is 0 Å². The van der Waals surface area contributed by atoms with E-state index in [1.807, 2.05) is 12.1 Å². The van der Waals surface area contributed by atoms with Crippen molar-refractivity contribution >= 4 is 29.2 Å². The van der Waals surface area contributed by atoms with Crippen LogP contribution in [0.3, 0.4) is 0 Å². The molecule has 2 N–H and O–H groups in total. The predicted molar refractivity (Wildman–Crippen MR) is 88.8 cm³/mol. The quantitative estimate of drug-likeness (QED) is 0.850. The van der Waals surface area contributed by atoms with Gasteiger partial charge < -0.3 is 15.4 Å². The van der Waals surface area contributed by atoms with Gasteiger partial charge in [0.1, 0.15) is 0 Å². The third-order valence-electron chi connectivity index (χ3n) is 3.91. The van der Waals surface area contributed by atoms with Crippen molar-refractivity contribution in [2.75, 3.05) is 17.7 Å². The molecule has 6 nitrogen and oxygen atoms in total. The van der Waals surface area contributed by atoms with Crippen LogP contribution >= 0.6 is 0 Å².